The van der Waals surface area contributed by atoms with Crippen LogP contribution >= 0.6 is 27.5 Å². The summed E-state index contributed by atoms with van der Waals surface area (Å²) in [6, 6.07) is 10.4. The molecule has 0 N–H and O–H groups in total. The van der Waals surface area contributed by atoms with Gasteiger partial charge in [-0.25, -0.2) is 0 Å². The van der Waals surface area contributed by atoms with E-state index < -0.39 is 0 Å². The molecule has 2 aromatic rings. The lowest BCUT2D eigenvalue weighted by atomic mass is 10.0. The van der Waals surface area contributed by atoms with Crippen molar-refractivity contribution < 1.29 is 14.3 Å². The molecular weight excluding hydrogens is 344 g/mol. The lowest BCUT2D eigenvalue weighted by Crippen LogP contribution is -2.16. The van der Waals surface area contributed by atoms with Crippen LogP contribution in [-0.4, -0.2) is 19.0 Å². The van der Waals surface area contributed by atoms with E-state index in [0.717, 1.165) is 0 Å². The molecular formula is C15H10BrClO3. The minimum atomic E-state index is -0.145. The summed E-state index contributed by atoms with van der Waals surface area (Å²) in [5.74, 6) is 1.11. The van der Waals surface area contributed by atoms with Crippen molar-refractivity contribution in [3.05, 3.63) is 57.0 Å². The Morgan fingerprint density at radius 2 is 1.85 bits per heavy atom. The fourth-order valence-corrected chi connectivity index (χ4v) is 2.60. The minimum Gasteiger partial charge on any atom is -0.486 e. The van der Waals surface area contributed by atoms with Gasteiger partial charge in [0, 0.05) is 15.6 Å². The highest BCUT2D eigenvalue weighted by atomic mass is 79.9. The average Bonchev–Trinajstić information content (AvgIpc) is 2.49. The molecule has 1 aliphatic heterocycles. The summed E-state index contributed by atoms with van der Waals surface area (Å²) in [4.78, 5) is 12.5. The molecule has 0 amide bonds. The fourth-order valence-electron chi connectivity index (χ4n) is 2.02. The molecule has 0 unspecified atom stereocenters. The van der Waals surface area contributed by atoms with Crippen LogP contribution in [0.5, 0.6) is 11.5 Å². The monoisotopic (exact) mass is 352 g/mol. The van der Waals surface area contributed by atoms with Crippen LogP contribution in [0.25, 0.3) is 0 Å². The quantitative estimate of drug-likeness (QED) is 0.762. The number of ketones is 1. The van der Waals surface area contributed by atoms with Crippen LogP contribution < -0.4 is 9.47 Å². The third kappa shape index (κ3) is 2.41. The second kappa shape index (κ2) is 5.46. The van der Waals surface area contributed by atoms with Crippen molar-refractivity contribution in [2.45, 2.75) is 0 Å². The largest absolute Gasteiger partial charge is 0.486 e. The molecule has 0 aromatic heterocycles. The number of fused-ring (bicyclic) bond motifs is 1. The summed E-state index contributed by atoms with van der Waals surface area (Å²) >= 11 is 9.48. The Hall–Kier alpha value is -1.52. The van der Waals surface area contributed by atoms with Crippen LogP contribution in [-0.2, 0) is 0 Å². The Labute approximate surface area is 129 Å². The fraction of sp³-hybridized carbons (Fsp3) is 0.133. The Morgan fingerprint density at radius 1 is 1.10 bits per heavy atom. The van der Waals surface area contributed by atoms with E-state index in [-0.39, 0.29) is 5.78 Å². The number of halogens is 2. The lowest BCUT2D eigenvalue weighted by molar-refractivity contribution is 0.103. The number of benzene rings is 2. The van der Waals surface area contributed by atoms with Gasteiger partial charge in [-0.1, -0.05) is 17.7 Å². The van der Waals surface area contributed by atoms with Gasteiger partial charge in [-0.2, -0.15) is 0 Å². The molecule has 3 nitrogen and oxygen atoms in total. The van der Waals surface area contributed by atoms with Crippen LogP contribution in [0.4, 0.5) is 0 Å². The molecule has 0 saturated heterocycles. The Balaban J connectivity index is 2.00. The van der Waals surface area contributed by atoms with Gasteiger partial charge in [0.25, 0.3) is 0 Å². The molecule has 102 valence electrons. The first-order chi connectivity index (χ1) is 9.66. The van der Waals surface area contributed by atoms with E-state index in [1.165, 1.54) is 0 Å². The van der Waals surface area contributed by atoms with E-state index in [1.54, 1.807) is 36.4 Å². The van der Waals surface area contributed by atoms with Crippen molar-refractivity contribution in [1.82, 2.24) is 0 Å². The van der Waals surface area contributed by atoms with E-state index >= 15 is 0 Å². The van der Waals surface area contributed by atoms with Gasteiger partial charge >= 0.3 is 0 Å². The first kappa shape index (κ1) is 13.5. The van der Waals surface area contributed by atoms with Crippen molar-refractivity contribution in [2.24, 2.45) is 0 Å². The number of rotatable bonds is 2. The second-order valence-corrected chi connectivity index (χ2v) is 5.52. The van der Waals surface area contributed by atoms with Gasteiger partial charge in [-0.15, -0.1) is 0 Å². The normalized spacial score (nSPS) is 13.1. The predicted molar refractivity (Wildman–Crippen MR) is 80.0 cm³/mol. The molecule has 1 heterocycles. The second-order valence-electron chi connectivity index (χ2n) is 4.29. The summed E-state index contributed by atoms with van der Waals surface area (Å²) in [7, 11) is 0. The SMILES string of the molecule is O=C(c1ccc2c(c1)OCCO2)c1cccc(Br)c1Cl. The standard InChI is InChI=1S/C15H10BrClO3/c16-11-3-1-2-10(14(11)17)15(18)9-4-5-12-13(8-9)20-7-6-19-12/h1-5,8H,6-7H2. The molecule has 1 aliphatic rings. The van der Waals surface area contributed by atoms with E-state index in [9.17, 15) is 4.79 Å². The number of carbonyl (C=O) groups excluding carboxylic acids is 1. The minimum absolute atomic E-state index is 0.145. The summed E-state index contributed by atoms with van der Waals surface area (Å²) in [6.07, 6.45) is 0. The molecule has 0 aliphatic carbocycles. The Morgan fingerprint density at radius 3 is 2.65 bits per heavy atom. The maximum Gasteiger partial charge on any atom is 0.194 e. The summed E-state index contributed by atoms with van der Waals surface area (Å²) in [6.45, 7) is 1.01. The van der Waals surface area contributed by atoms with Crippen molar-refractivity contribution in [2.75, 3.05) is 13.2 Å². The third-order valence-electron chi connectivity index (χ3n) is 3.00. The zero-order valence-electron chi connectivity index (χ0n) is 10.4. The Kier molecular flexibility index (Phi) is 3.68. The Bertz CT molecular complexity index is 685. The highest BCUT2D eigenvalue weighted by molar-refractivity contribution is 9.10. The van der Waals surface area contributed by atoms with Crippen molar-refractivity contribution in [3.63, 3.8) is 0 Å². The highest BCUT2D eigenvalue weighted by Crippen LogP contribution is 2.33. The summed E-state index contributed by atoms with van der Waals surface area (Å²) in [5.41, 5.74) is 0.979. The first-order valence-corrected chi connectivity index (χ1v) is 7.22. The summed E-state index contributed by atoms with van der Waals surface area (Å²) < 4.78 is 11.6. The van der Waals surface area contributed by atoms with Crippen molar-refractivity contribution in [3.8, 4) is 11.5 Å². The molecule has 20 heavy (non-hydrogen) atoms. The molecule has 5 heteroatoms. The molecule has 0 saturated carbocycles. The number of ether oxygens (including phenoxy) is 2. The third-order valence-corrected chi connectivity index (χ3v) is 4.30. The zero-order valence-corrected chi connectivity index (χ0v) is 12.7. The van der Waals surface area contributed by atoms with Crippen LogP contribution in [0.3, 0.4) is 0 Å². The number of carbonyl (C=O) groups is 1. The van der Waals surface area contributed by atoms with Gasteiger partial charge in [0.15, 0.2) is 17.3 Å². The van der Waals surface area contributed by atoms with Crippen molar-refractivity contribution >= 4 is 33.3 Å². The van der Waals surface area contributed by atoms with Crippen LogP contribution in [0.2, 0.25) is 5.02 Å². The number of hydrogen-bond donors (Lipinski definition) is 0. The first-order valence-electron chi connectivity index (χ1n) is 6.05. The van der Waals surface area contributed by atoms with Crippen LogP contribution in [0.15, 0.2) is 40.9 Å². The molecule has 0 bridgehead atoms. The maximum absolute atomic E-state index is 12.5. The molecule has 2 aromatic carbocycles. The van der Waals surface area contributed by atoms with Crippen molar-refractivity contribution in [1.29, 1.82) is 0 Å². The van der Waals surface area contributed by atoms with Gasteiger partial charge in [-0.3, -0.25) is 4.79 Å². The topological polar surface area (TPSA) is 35.5 Å². The molecule has 0 fully saturated rings. The van der Waals surface area contributed by atoms with E-state index in [2.05, 4.69) is 15.9 Å². The molecule has 0 atom stereocenters. The molecule has 0 radical (unpaired) electrons. The van der Waals surface area contributed by atoms with Gasteiger partial charge in [0.05, 0.1) is 5.02 Å². The lowest BCUT2D eigenvalue weighted by Gasteiger charge is -2.18. The van der Waals surface area contributed by atoms with E-state index in [1.807, 2.05) is 0 Å². The van der Waals surface area contributed by atoms with Gasteiger partial charge in [0.1, 0.15) is 13.2 Å². The molecule has 0 spiro atoms. The van der Waals surface area contributed by atoms with Gasteiger partial charge in [-0.05, 0) is 46.3 Å². The molecule has 3 rings (SSSR count). The predicted octanol–water partition coefficient (Wildman–Crippen LogP) is 4.10. The van der Waals surface area contributed by atoms with E-state index in [0.29, 0.717) is 45.3 Å². The van der Waals surface area contributed by atoms with E-state index in [4.69, 9.17) is 21.1 Å². The maximum atomic E-state index is 12.5. The number of hydrogen-bond acceptors (Lipinski definition) is 3. The van der Waals surface area contributed by atoms with Crippen LogP contribution in [0, 0.1) is 0 Å². The smallest absolute Gasteiger partial charge is 0.194 e. The average molecular weight is 354 g/mol. The van der Waals surface area contributed by atoms with Gasteiger partial charge < -0.3 is 9.47 Å². The van der Waals surface area contributed by atoms with Crippen LogP contribution in [0.1, 0.15) is 15.9 Å². The zero-order chi connectivity index (χ0) is 14.1. The summed E-state index contributed by atoms with van der Waals surface area (Å²) in [5, 5.41) is 0.410. The highest BCUT2D eigenvalue weighted by Gasteiger charge is 2.18. The van der Waals surface area contributed by atoms with Gasteiger partial charge in [0.2, 0.25) is 0 Å².